The molecule has 2 fully saturated rings. The highest BCUT2D eigenvalue weighted by Crippen LogP contribution is 2.45. The van der Waals surface area contributed by atoms with Crippen LogP contribution in [0.4, 0.5) is 0 Å². The van der Waals surface area contributed by atoms with E-state index < -0.39 is 0 Å². The van der Waals surface area contributed by atoms with Gasteiger partial charge in [-0.3, -0.25) is 4.79 Å². The molecule has 3 nitrogen and oxygen atoms in total. The second kappa shape index (κ2) is 7.91. The summed E-state index contributed by atoms with van der Waals surface area (Å²) in [5.74, 6) is 0.816. The molecule has 0 saturated heterocycles. The highest BCUT2D eigenvalue weighted by molar-refractivity contribution is 8.01. The van der Waals surface area contributed by atoms with Crippen molar-refractivity contribution in [1.29, 1.82) is 0 Å². The van der Waals surface area contributed by atoms with Gasteiger partial charge in [0.1, 0.15) is 0 Å². The van der Waals surface area contributed by atoms with E-state index in [1.165, 1.54) is 23.3 Å². The van der Waals surface area contributed by atoms with Crippen LogP contribution in [-0.4, -0.2) is 23.2 Å². The molecule has 2 aliphatic rings. The topological polar surface area (TPSA) is 55.1 Å². The van der Waals surface area contributed by atoms with Crippen LogP contribution in [-0.2, 0) is 4.79 Å². The molecule has 0 spiro atoms. The van der Waals surface area contributed by atoms with Gasteiger partial charge in [0, 0.05) is 17.5 Å². The minimum atomic E-state index is -0.293. The highest BCUT2D eigenvalue weighted by atomic mass is 35.5. The smallest absolute Gasteiger partial charge is 0.236 e. The van der Waals surface area contributed by atoms with Gasteiger partial charge in [-0.15, -0.1) is 24.2 Å². The number of rotatable bonds is 6. The molecule has 1 amide bonds. The van der Waals surface area contributed by atoms with Gasteiger partial charge in [-0.25, -0.2) is 0 Å². The highest BCUT2D eigenvalue weighted by Gasteiger charge is 2.42. The van der Waals surface area contributed by atoms with Crippen LogP contribution in [0.2, 0.25) is 0 Å². The zero-order valence-corrected chi connectivity index (χ0v) is 15.3. The Morgan fingerprint density at radius 2 is 1.91 bits per heavy atom. The van der Waals surface area contributed by atoms with Crippen molar-refractivity contribution in [1.82, 2.24) is 5.32 Å². The van der Waals surface area contributed by atoms with Gasteiger partial charge in [0.25, 0.3) is 0 Å². The van der Waals surface area contributed by atoms with E-state index in [0.29, 0.717) is 12.5 Å². The lowest BCUT2D eigenvalue weighted by Gasteiger charge is -2.28. The molecular weight excluding hydrogens is 328 g/mol. The number of hydrogen-bond donors (Lipinski definition) is 2. The number of benzene rings is 1. The summed E-state index contributed by atoms with van der Waals surface area (Å²) in [4.78, 5) is 14.0. The Morgan fingerprint density at radius 1 is 1.30 bits per heavy atom. The predicted octanol–water partition coefficient (Wildman–Crippen LogP) is 3.68. The number of carbonyl (C=O) groups excluding carboxylic acids is 1. The summed E-state index contributed by atoms with van der Waals surface area (Å²) in [7, 11) is 0. The molecule has 3 rings (SSSR count). The van der Waals surface area contributed by atoms with Crippen LogP contribution < -0.4 is 11.1 Å². The van der Waals surface area contributed by atoms with Gasteiger partial charge >= 0.3 is 0 Å². The summed E-state index contributed by atoms with van der Waals surface area (Å²) < 4.78 is -0.293. The maximum atomic E-state index is 12.8. The predicted molar refractivity (Wildman–Crippen MR) is 99.2 cm³/mol. The lowest BCUT2D eigenvalue weighted by atomic mass is 10.1. The third kappa shape index (κ3) is 4.65. The third-order valence-corrected chi connectivity index (χ3v) is 6.38. The summed E-state index contributed by atoms with van der Waals surface area (Å²) in [6.45, 7) is 2.71. The van der Waals surface area contributed by atoms with Gasteiger partial charge in [-0.2, -0.15) is 0 Å². The van der Waals surface area contributed by atoms with E-state index in [2.05, 4.69) is 36.5 Å². The van der Waals surface area contributed by atoms with Crippen molar-refractivity contribution in [3.63, 3.8) is 0 Å². The van der Waals surface area contributed by atoms with E-state index in [0.717, 1.165) is 25.7 Å². The molecule has 2 saturated carbocycles. The normalized spacial score (nSPS) is 20.6. The molecule has 128 valence electrons. The lowest BCUT2D eigenvalue weighted by molar-refractivity contribution is -0.123. The van der Waals surface area contributed by atoms with Crippen LogP contribution in [0.15, 0.2) is 29.2 Å². The second-order valence-electron chi connectivity index (χ2n) is 6.83. The fourth-order valence-electron chi connectivity index (χ4n) is 3.22. The average Bonchev–Trinajstić information content (AvgIpc) is 3.27. The Bertz CT molecular complexity index is 524. The molecule has 23 heavy (non-hydrogen) atoms. The van der Waals surface area contributed by atoms with Gasteiger partial charge in [0.2, 0.25) is 5.91 Å². The summed E-state index contributed by atoms with van der Waals surface area (Å²) in [5, 5.41) is 3.13. The molecular formula is C18H27ClN2OS. The fourth-order valence-corrected chi connectivity index (χ4v) is 4.60. The molecule has 1 atom stereocenters. The van der Waals surface area contributed by atoms with Gasteiger partial charge in [0.05, 0.1) is 4.75 Å². The van der Waals surface area contributed by atoms with Crippen LogP contribution in [0.1, 0.15) is 44.1 Å². The molecule has 0 bridgehead atoms. The number of halogens is 1. The summed E-state index contributed by atoms with van der Waals surface area (Å²) in [6.07, 6.45) is 6.66. The zero-order chi connectivity index (χ0) is 15.6. The Kier molecular flexibility index (Phi) is 6.40. The molecule has 0 aromatic heterocycles. The first-order chi connectivity index (χ1) is 10.6. The van der Waals surface area contributed by atoms with Crippen molar-refractivity contribution in [3.05, 3.63) is 29.8 Å². The van der Waals surface area contributed by atoms with Gasteiger partial charge in [0.15, 0.2) is 0 Å². The number of hydrogen-bond acceptors (Lipinski definition) is 3. The minimum absolute atomic E-state index is 0. The number of aryl methyl sites for hydroxylation is 1. The van der Waals surface area contributed by atoms with Crippen LogP contribution >= 0.6 is 24.2 Å². The van der Waals surface area contributed by atoms with E-state index in [1.807, 2.05) is 0 Å². The number of nitrogens with one attached hydrogen (secondary N) is 1. The van der Waals surface area contributed by atoms with Crippen molar-refractivity contribution in [2.75, 3.05) is 6.54 Å². The van der Waals surface area contributed by atoms with Gasteiger partial charge in [-0.1, -0.05) is 30.5 Å². The van der Waals surface area contributed by atoms with Crippen molar-refractivity contribution in [3.8, 4) is 0 Å². The summed E-state index contributed by atoms with van der Waals surface area (Å²) >= 11 is 1.74. The molecule has 1 aromatic rings. The standard InChI is InChI=1S/C18H26N2OS.ClH/c1-13-4-8-15(9-5-13)22-18(10-2-3-11-18)17(21)20-12-16(19)14-6-7-14;/h4-5,8-9,14,16H,2-3,6-7,10-12,19H2,1H3,(H,20,21);1H. The first-order valence-corrected chi connectivity index (χ1v) is 9.20. The molecule has 2 aliphatic carbocycles. The van der Waals surface area contributed by atoms with Crippen molar-refractivity contribution in [2.24, 2.45) is 11.7 Å². The first kappa shape index (κ1) is 18.6. The average molecular weight is 355 g/mol. The largest absolute Gasteiger partial charge is 0.353 e. The third-order valence-electron chi connectivity index (χ3n) is 4.89. The Labute approximate surface area is 149 Å². The maximum Gasteiger partial charge on any atom is 0.236 e. The van der Waals surface area contributed by atoms with E-state index in [9.17, 15) is 4.79 Å². The van der Waals surface area contributed by atoms with Crippen LogP contribution in [0.5, 0.6) is 0 Å². The van der Waals surface area contributed by atoms with E-state index in [4.69, 9.17) is 5.73 Å². The van der Waals surface area contributed by atoms with E-state index >= 15 is 0 Å². The SMILES string of the molecule is Cc1ccc(SC2(C(=O)NCC(N)C3CC3)CCCC2)cc1.Cl. The maximum absolute atomic E-state index is 12.8. The number of amides is 1. The summed E-state index contributed by atoms with van der Waals surface area (Å²) in [6, 6.07) is 8.62. The molecule has 1 aromatic carbocycles. The molecule has 0 heterocycles. The Hall–Kier alpha value is -0.710. The number of nitrogens with two attached hydrogens (primary N) is 1. The monoisotopic (exact) mass is 354 g/mol. The lowest BCUT2D eigenvalue weighted by Crippen LogP contribution is -2.47. The first-order valence-electron chi connectivity index (χ1n) is 8.39. The molecule has 0 aliphatic heterocycles. The number of carbonyl (C=O) groups is 1. The van der Waals surface area contributed by atoms with E-state index in [1.54, 1.807) is 11.8 Å². The van der Waals surface area contributed by atoms with Crippen LogP contribution in [0.3, 0.4) is 0 Å². The van der Waals surface area contributed by atoms with Crippen molar-refractivity contribution < 1.29 is 4.79 Å². The van der Waals surface area contributed by atoms with E-state index in [-0.39, 0.29) is 29.1 Å². The summed E-state index contributed by atoms with van der Waals surface area (Å²) in [5.41, 5.74) is 7.37. The molecule has 0 radical (unpaired) electrons. The Morgan fingerprint density at radius 3 is 2.48 bits per heavy atom. The molecule has 3 N–H and O–H groups in total. The van der Waals surface area contributed by atoms with Crippen molar-refractivity contribution >= 4 is 30.1 Å². The molecule has 1 unspecified atom stereocenters. The van der Waals surface area contributed by atoms with Gasteiger partial charge in [-0.05, 0) is 50.7 Å². The minimum Gasteiger partial charge on any atom is -0.353 e. The van der Waals surface area contributed by atoms with Gasteiger partial charge < -0.3 is 11.1 Å². The zero-order valence-electron chi connectivity index (χ0n) is 13.7. The van der Waals surface area contributed by atoms with Crippen LogP contribution in [0.25, 0.3) is 0 Å². The van der Waals surface area contributed by atoms with Crippen LogP contribution in [0, 0.1) is 12.8 Å². The quantitative estimate of drug-likeness (QED) is 0.819. The number of thioether (sulfide) groups is 1. The fraction of sp³-hybridized carbons (Fsp3) is 0.611. The Balaban J connectivity index is 0.00000192. The molecule has 5 heteroatoms. The second-order valence-corrected chi connectivity index (χ2v) is 8.28. The van der Waals surface area contributed by atoms with Crippen molar-refractivity contribution in [2.45, 2.75) is 61.1 Å².